The molecule has 1 aliphatic rings. The van der Waals surface area contributed by atoms with Gasteiger partial charge in [-0.3, -0.25) is 9.48 Å². The van der Waals surface area contributed by atoms with Crippen molar-refractivity contribution in [1.82, 2.24) is 9.78 Å². The van der Waals surface area contributed by atoms with Crippen LogP contribution in [0.5, 0.6) is 0 Å². The average molecular weight is 164 g/mol. The quantitative estimate of drug-likeness (QED) is 0.626. The van der Waals surface area contributed by atoms with E-state index in [9.17, 15) is 4.79 Å². The van der Waals surface area contributed by atoms with E-state index in [-0.39, 0.29) is 0 Å². The highest BCUT2D eigenvalue weighted by atomic mass is 16.1. The van der Waals surface area contributed by atoms with Crippen LogP contribution in [0.3, 0.4) is 0 Å². The first kappa shape index (κ1) is 7.53. The molecule has 0 bridgehead atoms. The van der Waals surface area contributed by atoms with Crippen LogP contribution in [0.1, 0.15) is 30.9 Å². The molecule has 0 unspecified atom stereocenters. The molecule has 1 atom stereocenters. The zero-order chi connectivity index (χ0) is 8.55. The van der Waals surface area contributed by atoms with Crippen molar-refractivity contribution in [3.8, 4) is 0 Å². The lowest BCUT2D eigenvalue weighted by Gasteiger charge is -2.07. The van der Waals surface area contributed by atoms with Crippen molar-refractivity contribution in [3.63, 3.8) is 0 Å². The van der Waals surface area contributed by atoms with Gasteiger partial charge in [-0.2, -0.15) is 5.10 Å². The molecule has 1 aromatic rings. The second-order valence-electron chi connectivity index (χ2n) is 3.36. The van der Waals surface area contributed by atoms with E-state index in [0.717, 1.165) is 12.8 Å². The van der Waals surface area contributed by atoms with Crippen LogP contribution in [0.25, 0.3) is 0 Å². The van der Waals surface area contributed by atoms with Crippen LogP contribution in [0.2, 0.25) is 0 Å². The maximum atomic E-state index is 11.0. The number of carbonyl (C=O) groups excluding carboxylic acids is 1. The molecule has 0 amide bonds. The van der Waals surface area contributed by atoms with E-state index in [0.29, 0.717) is 18.1 Å². The second-order valence-corrected chi connectivity index (χ2v) is 3.36. The smallest absolute Gasteiger partial charge is 0.133 e. The van der Waals surface area contributed by atoms with Crippen molar-refractivity contribution in [2.75, 3.05) is 0 Å². The fraction of sp³-hybridized carbons (Fsp3) is 0.556. The molecule has 0 aromatic carbocycles. The molecule has 2 rings (SSSR count). The van der Waals surface area contributed by atoms with Gasteiger partial charge in [-0.1, -0.05) is 0 Å². The van der Waals surface area contributed by atoms with Crippen molar-refractivity contribution in [2.45, 2.75) is 25.2 Å². The van der Waals surface area contributed by atoms with Crippen LogP contribution in [-0.2, 0) is 11.8 Å². The van der Waals surface area contributed by atoms with Gasteiger partial charge in [0.05, 0.1) is 0 Å². The summed E-state index contributed by atoms with van der Waals surface area (Å²) in [5.74, 6) is 0.811. The molecular weight excluding hydrogens is 152 g/mol. The molecule has 3 nitrogen and oxygen atoms in total. The molecule has 0 radical (unpaired) electrons. The number of rotatable bonds is 1. The first-order valence-electron chi connectivity index (χ1n) is 4.27. The maximum absolute atomic E-state index is 11.0. The molecule has 1 aliphatic carbocycles. The first-order chi connectivity index (χ1) is 5.77. The highest BCUT2D eigenvalue weighted by molar-refractivity contribution is 5.81. The van der Waals surface area contributed by atoms with Gasteiger partial charge in [0.1, 0.15) is 5.78 Å². The number of nitrogens with zero attached hydrogens (tertiary/aromatic N) is 2. The summed E-state index contributed by atoms with van der Waals surface area (Å²) in [5.41, 5.74) is 1.20. The highest BCUT2D eigenvalue weighted by Gasteiger charge is 2.25. The number of aryl methyl sites for hydroxylation is 1. The summed E-state index contributed by atoms with van der Waals surface area (Å²) >= 11 is 0. The van der Waals surface area contributed by atoms with E-state index in [1.807, 2.05) is 17.8 Å². The summed E-state index contributed by atoms with van der Waals surface area (Å²) in [6.07, 6.45) is 4.24. The zero-order valence-electron chi connectivity index (χ0n) is 7.16. The minimum Gasteiger partial charge on any atom is -0.300 e. The van der Waals surface area contributed by atoms with Gasteiger partial charge in [-0.05, 0) is 12.5 Å². The molecule has 12 heavy (non-hydrogen) atoms. The Labute approximate surface area is 71.4 Å². The maximum Gasteiger partial charge on any atom is 0.133 e. The van der Waals surface area contributed by atoms with Crippen LogP contribution >= 0.6 is 0 Å². The summed E-state index contributed by atoms with van der Waals surface area (Å²) in [6.45, 7) is 0. The molecule has 0 aliphatic heterocycles. The Morgan fingerprint density at radius 2 is 2.50 bits per heavy atom. The summed E-state index contributed by atoms with van der Waals surface area (Å²) in [4.78, 5) is 11.0. The first-order valence-corrected chi connectivity index (χ1v) is 4.27. The summed E-state index contributed by atoms with van der Waals surface area (Å²) < 4.78 is 1.86. The van der Waals surface area contributed by atoms with E-state index < -0.39 is 0 Å². The Balaban J connectivity index is 2.21. The second kappa shape index (κ2) is 2.73. The number of ketones is 1. The van der Waals surface area contributed by atoms with Crippen LogP contribution in [0.15, 0.2) is 12.3 Å². The lowest BCUT2D eigenvalue weighted by atomic mass is 10.0. The minimum atomic E-state index is 0.390. The van der Waals surface area contributed by atoms with Crippen molar-refractivity contribution >= 4 is 5.78 Å². The van der Waals surface area contributed by atoms with Crippen molar-refractivity contribution in [3.05, 3.63) is 18.0 Å². The van der Waals surface area contributed by atoms with Gasteiger partial charge < -0.3 is 0 Å². The normalized spacial score (nSPS) is 23.4. The Bertz CT molecular complexity index is 303. The molecule has 3 heteroatoms. The summed E-state index contributed by atoms with van der Waals surface area (Å²) in [6, 6.07) is 2.00. The Hall–Kier alpha value is -1.12. The third-order valence-corrected chi connectivity index (χ3v) is 2.52. The van der Waals surface area contributed by atoms with Crippen molar-refractivity contribution in [1.29, 1.82) is 0 Å². The molecule has 0 N–H and O–H groups in total. The Kier molecular flexibility index (Phi) is 1.71. The Morgan fingerprint density at radius 3 is 3.00 bits per heavy atom. The molecular formula is C9H12N2O. The average Bonchev–Trinajstić information content (AvgIpc) is 2.58. The predicted molar refractivity (Wildman–Crippen MR) is 44.8 cm³/mol. The van der Waals surface area contributed by atoms with Gasteiger partial charge >= 0.3 is 0 Å². The molecule has 1 fully saturated rings. The van der Waals surface area contributed by atoms with Crippen LogP contribution in [0.4, 0.5) is 0 Å². The number of hydrogen-bond acceptors (Lipinski definition) is 2. The lowest BCUT2D eigenvalue weighted by molar-refractivity contribution is -0.117. The Morgan fingerprint density at radius 1 is 1.67 bits per heavy atom. The van der Waals surface area contributed by atoms with Crippen molar-refractivity contribution < 1.29 is 4.79 Å². The van der Waals surface area contributed by atoms with Gasteiger partial charge in [-0.25, -0.2) is 0 Å². The highest BCUT2D eigenvalue weighted by Crippen LogP contribution is 2.31. The summed E-state index contributed by atoms with van der Waals surface area (Å²) in [7, 11) is 1.93. The van der Waals surface area contributed by atoms with Crippen LogP contribution in [-0.4, -0.2) is 15.6 Å². The molecule has 1 aromatic heterocycles. The monoisotopic (exact) mass is 164 g/mol. The van der Waals surface area contributed by atoms with E-state index in [1.165, 1.54) is 5.69 Å². The third kappa shape index (κ3) is 1.15. The van der Waals surface area contributed by atoms with E-state index in [4.69, 9.17) is 0 Å². The van der Waals surface area contributed by atoms with E-state index in [2.05, 4.69) is 5.10 Å². The van der Waals surface area contributed by atoms with Gasteiger partial charge in [0.25, 0.3) is 0 Å². The summed E-state index contributed by atoms with van der Waals surface area (Å²) in [5, 5.41) is 4.09. The fourth-order valence-corrected chi connectivity index (χ4v) is 1.85. The number of hydrogen-bond donors (Lipinski definition) is 0. The third-order valence-electron chi connectivity index (χ3n) is 2.52. The lowest BCUT2D eigenvalue weighted by Crippen LogP contribution is -2.02. The van der Waals surface area contributed by atoms with Gasteiger partial charge in [0, 0.05) is 37.7 Å². The van der Waals surface area contributed by atoms with Crippen molar-refractivity contribution in [2.24, 2.45) is 7.05 Å². The minimum absolute atomic E-state index is 0.390. The number of aromatic nitrogens is 2. The molecule has 1 heterocycles. The largest absolute Gasteiger partial charge is 0.300 e. The molecule has 64 valence electrons. The van der Waals surface area contributed by atoms with E-state index >= 15 is 0 Å². The molecule has 0 spiro atoms. The predicted octanol–water partition coefficient (Wildman–Crippen LogP) is 1.26. The SMILES string of the molecule is Cn1nccc1[C@@H]1CCC(=O)C1. The van der Waals surface area contributed by atoms with Gasteiger partial charge in [0.15, 0.2) is 0 Å². The van der Waals surface area contributed by atoms with Crippen LogP contribution in [0, 0.1) is 0 Å². The number of carbonyl (C=O) groups is 1. The van der Waals surface area contributed by atoms with Gasteiger partial charge in [-0.15, -0.1) is 0 Å². The standard InChI is InChI=1S/C9H12N2O/c1-11-9(4-5-10-11)7-2-3-8(12)6-7/h4-5,7H,2-3,6H2,1H3/t7-/m1/s1. The fourth-order valence-electron chi connectivity index (χ4n) is 1.85. The van der Waals surface area contributed by atoms with Gasteiger partial charge in [0.2, 0.25) is 0 Å². The molecule has 0 saturated heterocycles. The number of Topliss-reactive ketones (excluding diaryl/α,β-unsaturated/α-hetero) is 1. The van der Waals surface area contributed by atoms with E-state index in [1.54, 1.807) is 6.20 Å². The molecule has 1 saturated carbocycles. The topological polar surface area (TPSA) is 34.9 Å². The van der Waals surface area contributed by atoms with Crippen LogP contribution < -0.4 is 0 Å². The zero-order valence-corrected chi connectivity index (χ0v) is 7.16.